The van der Waals surface area contributed by atoms with Crippen LogP contribution in [-0.4, -0.2) is 43.0 Å². The Morgan fingerprint density at radius 1 is 1.83 bits per heavy atom. The predicted molar refractivity (Wildman–Crippen MR) is 40.1 cm³/mol. The first-order valence-electron chi connectivity index (χ1n) is 3.72. The van der Waals surface area contributed by atoms with E-state index in [1.165, 1.54) is 12.0 Å². The molecule has 1 N–H and O–H groups in total. The second-order valence-corrected chi connectivity index (χ2v) is 2.68. The molecule has 0 spiro atoms. The summed E-state index contributed by atoms with van der Waals surface area (Å²) >= 11 is 0. The molecule has 0 bridgehead atoms. The molecule has 1 saturated heterocycles. The lowest BCUT2D eigenvalue weighted by atomic mass is 10.3. The highest BCUT2D eigenvalue weighted by Gasteiger charge is 2.30. The maximum absolute atomic E-state index is 11.1. The summed E-state index contributed by atoms with van der Waals surface area (Å²) in [6.45, 7) is 0.465. The van der Waals surface area contributed by atoms with Gasteiger partial charge in [0.25, 0.3) is 0 Å². The van der Waals surface area contributed by atoms with Crippen LogP contribution in [-0.2, 0) is 14.3 Å². The van der Waals surface area contributed by atoms with E-state index in [-0.39, 0.29) is 12.5 Å². The van der Waals surface area contributed by atoms with Crippen LogP contribution in [0.4, 0.5) is 0 Å². The predicted octanol–water partition coefficient (Wildman–Crippen LogP) is -0.957. The van der Waals surface area contributed by atoms with Crippen molar-refractivity contribution in [1.82, 2.24) is 10.6 Å². The summed E-state index contributed by atoms with van der Waals surface area (Å²) in [6.07, 6.45) is 0.510. The van der Waals surface area contributed by atoms with Gasteiger partial charge in [0.05, 0.1) is 7.11 Å². The van der Waals surface area contributed by atoms with E-state index >= 15 is 0 Å². The van der Waals surface area contributed by atoms with Gasteiger partial charge in [-0.3, -0.25) is 9.59 Å². The van der Waals surface area contributed by atoms with Crippen LogP contribution in [0, 0.1) is 0 Å². The van der Waals surface area contributed by atoms with Crippen LogP contribution in [0.15, 0.2) is 0 Å². The molecular formula is C7H11N2O3. The number of nitrogens with zero attached hydrogens (tertiary/aromatic N) is 1. The third-order valence-corrected chi connectivity index (χ3v) is 1.85. The molecule has 5 nitrogen and oxygen atoms in total. The van der Waals surface area contributed by atoms with E-state index < -0.39 is 12.0 Å². The maximum atomic E-state index is 11.1. The Kier molecular flexibility index (Phi) is 2.65. The van der Waals surface area contributed by atoms with E-state index in [1.807, 2.05) is 0 Å². The Hall–Kier alpha value is -1.10. The van der Waals surface area contributed by atoms with E-state index in [4.69, 9.17) is 5.73 Å². The van der Waals surface area contributed by atoms with E-state index in [9.17, 15) is 9.59 Å². The minimum absolute atomic E-state index is 0.0231. The van der Waals surface area contributed by atoms with Crippen molar-refractivity contribution in [2.45, 2.75) is 12.5 Å². The Morgan fingerprint density at radius 3 is 2.92 bits per heavy atom. The van der Waals surface area contributed by atoms with Crippen molar-refractivity contribution in [3.63, 3.8) is 0 Å². The number of ether oxygens (including phenoxy) is 1. The summed E-state index contributed by atoms with van der Waals surface area (Å²) in [5, 5.41) is 0. The molecule has 0 aliphatic carbocycles. The van der Waals surface area contributed by atoms with E-state index in [0.717, 1.165) is 0 Å². The summed E-state index contributed by atoms with van der Waals surface area (Å²) in [6, 6.07) is -0.686. The maximum Gasteiger partial charge on any atom is 0.325 e. The number of rotatable bonds is 2. The first kappa shape index (κ1) is 8.99. The summed E-state index contributed by atoms with van der Waals surface area (Å²) in [7, 11) is 1.28. The van der Waals surface area contributed by atoms with Gasteiger partial charge in [0.1, 0.15) is 12.6 Å². The largest absolute Gasteiger partial charge is 0.468 e. The lowest BCUT2D eigenvalue weighted by molar-refractivity contribution is -0.145. The van der Waals surface area contributed by atoms with Gasteiger partial charge in [-0.25, -0.2) is 5.73 Å². The van der Waals surface area contributed by atoms with Crippen molar-refractivity contribution in [2.75, 3.05) is 20.2 Å². The highest BCUT2D eigenvalue weighted by atomic mass is 16.5. The molecule has 1 aliphatic rings. The molecule has 1 heterocycles. The van der Waals surface area contributed by atoms with Gasteiger partial charge >= 0.3 is 5.97 Å². The fraction of sp³-hybridized carbons (Fsp3) is 0.714. The molecule has 12 heavy (non-hydrogen) atoms. The lowest BCUT2D eigenvalue weighted by Gasteiger charge is -2.13. The summed E-state index contributed by atoms with van der Waals surface area (Å²) in [4.78, 5) is 23.2. The SMILES string of the molecule is COC(=O)CN1CCC([NH])C1=O. The van der Waals surface area contributed by atoms with Crippen LogP contribution in [0.1, 0.15) is 6.42 Å². The second kappa shape index (κ2) is 3.53. The minimum Gasteiger partial charge on any atom is -0.468 e. The van der Waals surface area contributed by atoms with Gasteiger partial charge in [0, 0.05) is 6.54 Å². The van der Waals surface area contributed by atoms with Crippen molar-refractivity contribution in [3.05, 3.63) is 0 Å². The molecule has 0 aromatic rings. The summed E-state index contributed by atoms with van der Waals surface area (Å²) in [5.41, 5.74) is 7.23. The Morgan fingerprint density at radius 2 is 2.50 bits per heavy atom. The highest BCUT2D eigenvalue weighted by Crippen LogP contribution is 2.09. The van der Waals surface area contributed by atoms with Crippen molar-refractivity contribution in [2.24, 2.45) is 0 Å². The van der Waals surface area contributed by atoms with Crippen molar-refractivity contribution in [1.29, 1.82) is 0 Å². The number of amides is 1. The second-order valence-electron chi connectivity index (χ2n) is 2.68. The average Bonchev–Trinajstić information content (AvgIpc) is 2.36. The third kappa shape index (κ3) is 1.73. The number of hydrogen-bond donors (Lipinski definition) is 0. The molecule has 1 fully saturated rings. The van der Waals surface area contributed by atoms with Crippen LogP contribution >= 0.6 is 0 Å². The van der Waals surface area contributed by atoms with E-state index in [2.05, 4.69) is 4.74 Å². The van der Waals surface area contributed by atoms with Crippen LogP contribution in [0.3, 0.4) is 0 Å². The number of hydrogen-bond acceptors (Lipinski definition) is 3. The number of carbonyl (C=O) groups excluding carboxylic acids is 2. The molecule has 1 atom stereocenters. The van der Waals surface area contributed by atoms with Crippen molar-refractivity contribution < 1.29 is 14.3 Å². The minimum atomic E-state index is -0.686. The van der Waals surface area contributed by atoms with Gasteiger partial charge in [-0.2, -0.15) is 0 Å². The highest BCUT2D eigenvalue weighted by molar-refractivity contribution is 5.87. The quantitative estimate of drug-likeness (QED) is 0.502. The third-order valence-electron chi connectivity index (χ3n) is 1.85. The Bertz CT molecular complexity index is 205. The smallest absolute Gasteiger partial charge is 0.325 e. The van der Waals surface area contributed by atoms with Crippen molar-refractivity contribution >= 4 is 11.9 Å². The summed E-state index contributed by atoms with van der Waals surface area (Å²) in [5.74, 6) is -0.710. The molecule has 1 aliphatic heterocycles. The van der Waals surface area contributed by atoms with E-state index in [1.54, 1.807) is 0 Å². The van der Waals surface area contributed by atoms with E-state index in [0.29, 0.717) is 13.0 Å². The number of carbonyl (C=O) groups is 2. The average molecular weight is 171 g/mol. The normalized spacial score (nSPS) is 23.0. The fourth-order valence-electron chi connectivity index (χ4n) is 1.12. The van der Waals surface area contributed by atoms with Gasteiger partial charge in [0.2, 0.25) is 5.91 Å². The molecule has 0 saturated carbocycles. The van der Waals surface area contributed by atoms with Crippen LogP contribution in [0.25, 0.3) is 0 Å². The molecular weight excluding hydrogens is 160 g/mol. The van der Waals surface area contributed by atoms with Crippen LogP contribution < -0.4 is 5.73 Å². The van der Waals surface area contributed by atoms with Gasteiger partial charge in [-0.15, -0.1) is 0 Å². The number of esters is 1. The Labute approximate surface area is 70.5 Å². The van der Waals surface area contributed by atoms with Crippen molar-refractivity contribution in [3.8, 4) is 0 Å². The molecule has 67 valence electrons. The zero-order chi connectivity index (χ0) is 9.14. The lowest BCUT2D eigenvalue weighted by Crippen LogP contribution is -2.34. The van der Waals surface area contributed by atoms with Crippen LogP contribution in [0.5, 0.6) is 0 Å². The van der Waals surface area contributed by atoms with Crippen LogP contribution in [0.2, 0.25) is 0 Å². The Balaban J connectivity index is 2.44. The standard InChI is InChI=1S/C7H11N2O3/c1-12-6(10)4-9-3-2-5(8)7(9)11/h5,8H,2-4H2,1H3. The first-order valence-corrected chi connectivity index (χ1v) is 3.72. The van der Waals surface area contributed by atoms with Gasteiger partial charge in [0.15, 0.2) is 0 Å². The number of likely N-dealkylation sites (tertiary alicyclic amines) is 1. The topological polar surface area (TPSA) is 70.4 Å². The number of nitrogens with one attached hydrogen (secondary N) is 1. The monoisotopic (exact) mass is 171 g/mol. The molecule has 1 unspecified atom stereocenters. The zero-order valence-corrected chi connectivity index (χ0v) is 6.87. The number of methoxy groups -OCH3 is 1. The first-order chi connectivity index (χ1) is 5.65. The molecule has 5 heteroatoms. The summed E-state index contributed by atoms with van der Waals surface area (Å²) < 4.78 is 4.40. The van der Waals surface area contributed by atoms with Gasteiger partial charge in [-0.05, 0) is 6.42 Å². The molecule has 0 aromatic carbocycles. The zero-order valence-electron chi connectivity index (χ0n) is 6.87. The molecule has 1 rings (SSSR count). The van der Waals surface area contributed by atoms with Gasteiger partial charge in [-0.1, -0.05) is 0 Å². The van der Waals surface area contributed by atoms with Gasteiger partial charge < -0.3 is 9.64 Å². The molecule has 1 amide bonds. The molecule has 0 aromatic heterocycles. The molecule has 1 radical (unpaired) electrons. The fourth-order valence-corrected chi connectivity index (χ4v) is 1.12.